The van der Waals surface area contributed by atoms with E-state index in [4.69, 9.17) is 0 Å². The molecular formula is C6H7OY-. The van der Waals surface area contributed by atoms with Crippen LogP contribution in [-0.2, 0) is 37.5 Å². The smallest absolute Gasteiger partial charge is 0 e. The molecule has 1 rings (SSSR count). The maximum Gasteiger partial charge on any atom is 0 e. The van der Waals surface area contributed by atoms with Gasteiger partial charge in [-0.15, -0.1) is 0 Å². The van der Waals surface area contributed by atoms with E-state index >= 15 is 0 Å². The number of rotatable bonds is 0. The third kappa shape index (κ3) is 2.73. The summed E-state index contributed by atoms with van der Waals surface area (Å²) in [4.78, 5) is 10.3. The van der Waals surface area contributed by atoms with E-state index in [-0.39, 0.29) is 38.5 Å². The van der Waals surface area contributed by atoms with Crippen molar-refractivity contribution < 1.29 is 37.5 Å². The fourth-order valence-electron chi connectivity index (χ4n) is 0.623. The Kier molecular flexibility index (Phi) is 4.68. The molecule has 0 bridgehead atoms. The molecule has 0 N–H and O–H groups in total. The van der Waals surface area contributed by atoms with Gasteiger partial charge in [0.1, 0.15) is 0 Å². The van der Waals surface area contributed by atoms with Gasteiger partial charge in [-0.1, -0.05) is 6.42 Å². The van der Waals surface area contributed by atoms with Crippen molar-refractivity contribution in [2.24, 2.45) is 0 Å². The Morgan fingerprint density at radius 3 is 2.62 bits per heavy atom. The molecule has 0 aromatic heterocycles. The first kappa shape index (κ1) is 8.51. The number of hydrogen-bond donors (Lipinski definition) is 0. The van der Waals surface area contributed by atoms with Crippen LogP contribution in [0.1, 0.15) is 19.3 Å². The number of allylic oxidation sites excluding steroid dienone is 2. The van der Waals surface area contributed by atoms with Crippen LogP contribution in [0.2, 0.25) is 0 Å². The predicted octanol–water partition coefficient (Wildman–Crippen LogP) is 1.10. The van der Waals surface area contributed by atoms with Gasteiger partial charge in [0.15, 0.2) is 0 Å². The average molecular weight is 184 g/mol. The van der Waals surface area contributed by atoms with Crippen LogP contribution in [-0.4, -0.2) is 5.78 Å². The van der Waals surface area contributed by atoms with Gasteiger partial charge in [-0.25, -0.2) is 0 Å². The van der Waals surface area contributed by atoms with E-state index in [1.54, 1.807) is 0 Å². The predicted molar refractivity (Wildman–Crippen MR) is 26.7 cm³/mol. The molecule has 0 saturated carbocycles. The molecule has 1 aliphatic carbocycles. The zero-order valence-electron chi connectivity index (χ0n) is 4.68. The number of carbonyl (C=O) groups is 1. The fraction of sp³-hybridized carbons (Fsp3) is 0.500. The topological polar surface area (TPSA) is 17.1 Å². The van der Waals surface area contributed by atoms with Gasteiger partial charge in [0.2, 0.25) is 0 Å². The zero-order valence-corrected chi connectivity index (χ0v) is 7.52. The van der Waals surface area contributed by atoms with E-state index in [1.807, 2.05) is 6.08 Å². The van der Waals surface area contributed by atoms with Crippen molar-refractivity contribution in [1.82, 2.24) is 0 Å². The molecule has 0 heterocycles. The summed E-state index contributed by atoms with van der Waals surface area (Å²) in [6, 6.07) is 0. The first-order chi connectivity index (χ1) is 3.39. The molecule has 0 aromatic rings. The van der Waals surface area contributed by atoms with Crippen molar-refractivity contribution in [2.45, 2.75) is 19.3 Å². The van der Waals surface area contributed by atoms with E-state index in [0.29, 0.717) is 6.42 Å². The minimum atomic E-state index is 0. The van der Waals surface area contributed by atoms with E-state index in [9.17, 15) is 4.79 Å². The third-order valence-corrected chi connectivity index (χ3v) is 1.02. The van der Waals surface area contributed by atoms with Gasteiger partial charge < -0.3 is 10.9 Å². The molecule has 0 spiro atoms. The first-order valence-electron chi connectivity index (χ1n) is 2.50. The van der Waals surface area contributed by atoms with Gasteiger partial charge in [0, 0.05) is 32.7 Å². The molecule has 1 aliphatic rings. The van der Waals surface area contributed by atoms with E-state index in [2.05, 4.69) is 6.08 Å². The van der Waals surface area contributed by atoms with Crippen LogP contribution in [0.4, 0.5) is 0 Å². The van der Waals surface area contributed by atoms with Crippen LogP contribution >= 0.6 is 0 Å². The normalized spacial score (nSPS) is 17.8. The first-order valence-corrected chi connectivity index (χ1v) is 2.50. The molecule has 0 amide bonds. The molecule has 2 heteroatoms. The second kappa shape index (κ2) is 4.40. The van der Waals surface area contributed by atoms with Crippen LogP contribution in [0.25, 0.3) is 0 Å². The van der Waals surface area contributed by atoms with Crippen molar-refractivity contribution in [3.63, 3.8) is 0 Å². The SMILES string of the molecule is O=C1[C-]=CCCC1.[Y]. The molecule has 0 aliphatic heterocycles. The second-order valence-electron chi connectivity index (χ2n) is 1.66. The Hall–Kier alpha value is 0.514. The van der Waals surface area contributed by atoms with Crippen LogP contribution in [0.5, 0.6) is 0 Å². The second-order valence-corrected chi connectivity index (χ2v) is 1.66. The quantitative estimate of drug-likeness (QED) is 0.515. The van der Waals surface area contributed by atoms with Crippen molar-refractivity contribution in [3.8, 4) is 0 Å². The number of ketones is 1. The molecule has 1 radical (unpaired) electrons. The Labute approximate surface area is 74.4 Å². The minimum absolute atomic E-state index is 0. The minimum Gasteiger partial charge on any atom is -0.431 e. The maximum atomic E-state index is 10.3. The van der Waals surface area contributed by atoms with Crippen molar-refractivity contribution in [1.29, 1.82) is 0 Å². The molecule has 0 atom stereocenters. The molecule has 0 aromatic carbocycles. The number of carbonyl (C=O) groups excluding carboxylic acids is 1. The molecule has 0 fully saturated rings. The number of hydrogen-bond acceptors (Lipinski definition) is 1. The Bertz CT molecular complexity index is 107. The molecule has 1 nitrogen and oxygen atoms in total. The van der Waals surface area contributed by atoms with Crippen molar-refractivity contribution in [3.05, 3.63) is 12.2 Å². The van der Waals surface area contributed by atoms with Crippen LogP contribution in [0, 0.1) is 6.08 Å². The van der Waals surface area contributed by atoms with Crippen molar-refractivity contribution >= 4 is 5.78 Å². The van der Waals surface area contributed by atoms with Crippen LogP contribution in [0.3, 0.4) is 0 Å². The fourth-order valence-corrected chi connectivity index (χ4v) is 0.623. The molecule has 41 valence electrons. The Morgan fingerprint density at radius 2 is 2.38 bits per heavy atom. The third-order valence-electron chi connectivity index (χ3n) is 1.02. The monoisotopic (exact) mass is 184 g/mol. The van der Waals surface area contributed by atoms with E-state index in [1.165, 1.54) is 0 Å². The Morgan fingerprint density at radius 1 is 1.62 bits per heavy atom. The van der Waals surface area contributed by atoms with Gasteiger partial charge >= 0.3 is 0 Å². The summed E-state index contributed by atoms with van der Waals surface area (Å²) in [5.74, 6) is 0.159. The summed E-state index contributed by atoms with van der Waals surface area (Å²) in [6.07, 6.45) is 7.19. The van der Waals surface area contributed by atoms with Gasteiger partial charge in [-0.05, 0) is 18.6 Å². The summed E-state index contributed by atoms with van der Waals surface area (Å²) >= 11 is 0. The molecule has 0 saturated heterocycles. The summed E-state index contributed by atoms with van der Waals surface area (Å²) in [6.45, 7) is 0. The van der Waals surface area contributed by atoms with Crippen molar-refractivity contribution in [2.75, 3.05) is 0 Å². The van der Waals surface area contributed by atoms with Gasteiger partial charge in [0.25, 0.3) is 0 Å². The summed E-state index contributed by atoms with van der Waals surface area (Å²) in [7, 11) is 0. The van der Waals surface area contributed by atoms with Crippen LogP contribution < -0.4 is 0 Å². The van der Waals surface area contributed by atoms with Crippen LogP contribution in [0.15, 0.2) is 6.08 Å². The standard InChI is InChI=1S/C6H7O.Y/c7-6-4-2-1-3-5-6;/h2H,1,3,5H2;/q-1;. The molecule has 0 unspecified atom stereocenters. The number of Topliss-reactive ketones (excluding diaryl/α,β-unsaturated/α-hetero) is 1. The average Bonchev–Trinajstić information content (AvgIpc) is 1.69. The summed E-state index contributed by atoms with van der Waals surface area (Å²) < 4.78 is 0. The largest absolute Gasteiger partial charge is 0.431 e. The van der Waals surface area contributed by atoms with Gasteiger partial charge in [-0.2, -0.15) is 0 Å². The van der Waals surface area contributed by atoms with E-state index in [0.717, 1.165) is 12.8 Å². The van der Waals surface area contributed by atoms with E-state index < -0.39 is 0 Å². The maximum absolute atomic E-state index is 10.3. The summed E-state index contributed by atoms with van der Waals surface area (Å²) in [5, 5.41) is 0. The summed E-state index contributed by atoms with van der Waals surface area (Å²) in [5.41, 5.74) is 0. The molecular weight excluding hydrogens is 177 g/mol. The van der Waals surface area contributed by atoms with Gasteiger partial charge in [0.05, 0.1) is 0 Å². The zero-order chi connectivity index (χ0) is 5.11. The molecule has 8 heavy (non-hydrogen) atoms. The van der Waals surface area contributed by atoms with Gasteiger partial charge in [-0.3, -0.25) is 6.08 Å². The Balaban J connectivity index is 0.000000490.